The topological polar surface area (TPSA) is 69.6 Å². The summed E-state index contributed by atoms with van der Waals surface area (Å²) in [5, 5.41) is 2.31. The van der Waals surface area contributed by atoms with Crippen LogP contribution in [0.4, 0.5) is 5.82 Å². The summed E-state index contributed by atoms with van der Waals surface area (Å²) in [6.07, 6.45) is 1.74. The van der Waals surface area contributed by atoms with Gasteiger partial charge in [-0.1, -0.05) is 60.8 Å². The molecule has 0 aliphatic rings. The molecule has 5 nitrogen and oxygen atoms in total. The van der Waals surface area contributed by atoms with Crippen LogP contribution in [0.3, 0.4) is 0 Å². The number of carbonyl (C=O) groups excluding carboxylic acids is 1. The number of nitrogens with zero attached hydrogens (tertiary/aromatic N) is 2. The van der Waals surface area contributed by atoms with Gasteiger partial charge in [0.25, 0.3) is 0 Å². The molecule has 0 radical (unpaired) electrons. The molecule has 4 aromatic rings. The van der Waals surface area contributed by atoms with Gasteiger partial charge in [-0.3, -0.25) is 4.40 Å². The van der Waals surface area contributed by atoms with Gasteiger partial charge in [0.1, 0.15) is 17.0 Å². The highest BCUT2D eigenvalue weighted by Crippen LogP contribution is 2.35. The number of fused-ring (bicyclic) bond motifs is 5. The predicted octanol–water partition coefficient (Wildman–Crippen LogP) is 5.49. The van der Waals surface area contributed by atoms with E-state index in [-0.39, 0.29) is 5.82 Å². The quantitative estimate of drug-likeness (QED) is 0.362. The molecule has 0 saturated heterocycles. The summed E-state index contributed by atoms with van der Waals surface area (Å²) in [5.41, 5.74) is 8.74. The van der Waals surface area contributed by atoms with Crippen LogP contribution in [0.5, 0.6) is 0 Å². The third-order valence-corrected chi connectivity index (χ3v) is 5.29. The van der Waals surface area contributed by atoms with Gasteiger partial charge in [-0.15, -0.1) is 0 Å². The third kappa shape index (κ3) is 2.87. The van der Waals surface area contributed by atoms with Crippen LogP contribution >= 0.6 is 23.2 Å². The highest BCUT2D eigenvalue weighted by Gasteiger charge is 2.22. The summed E-state index contributed by atoms with van der Waals surface area (Å²) in [6.45, 7) is 2.39. The molecule has 2 aromatic carbocycles. The number of benzene rings is 2. The van der Waals surface area contributed by atoms with Gasteiger partial charge >= 0.3 is 5.97 Å². The SMILES string of the molecule is CCCCOC(=O)c1c(N)n2c3cc(Cl)c(Cl)cc3nc2c2ccccc12. The summed E-state index contributed by atoms with van der Waals surface area (Å²) in [4.78, 5) is 17.5. The Bertz CT molecular complexity index is 1200. The van der Waals surface area contributed by atoms with E-state index < -0.39 is 5.97 Å². The molecule has 138 valence electrons. The van der Waals surface area contributed by atoms with E-state index in [9.17, 15) is 4.79 Å². The van der Waals surface area contributed by atoms with Gasteiger partial charge < -0.3 is 10.5 Å². The molecule has 0 unspecified atom stereocenters. The first-order valence-corrected chi connectivity index (χ1v) is 9.43. The van der Waals surface area contributed by atoms with Crippen molar-refractivity contribution in [3.63, 3.8) is 0 Å². The van der Waals surface area contributed by atoms with Gasteiger partial charge in [0.15, 0.2) is 0 Å². The first-order chi connectivity index (χ1) is 13.0. The summed E-state index contributed by atoms with van der Waals surface area (Å²) in [7, 11) is 0. The third-order valence-electron chi connectivity index (χ3n) is 4.57. The Morgan fingerprint density at radius 3 is 2.63 bits per heavy atom. The lowest BCUT2D eigenvalue weighted by Crippen LogP contribution is -2.13. The minimum Gasteiger partial charge on any atom is -0.462 e. The van der Waals surface area contributed by atoms with Gasteiger partial charge in [-0.25, -0.2) is 9.78 Å². The van der Waals surface area contributed by atoms with Gasteiger partial charge in [-0.05, 0) is 18.6 Å². The van der Waals surface area contributed by atoms with Gasteiger partial charge in [-0.2, -0.15) is 0 Å². The van der Waals surface area contributed by atoms with Gasteiger partial charge in [0, 0.05) is 10.8 Å². The van der Waals surface area contributed by atoms with E-state index >= 15 is 0 Å². The minimum absolute atomic E-state index is 0.270. The Morgan fingerprint density at radius 2 is 1.89 bits per heavy atom. The molecule has 4 rings (SSSR count). The standard InChI is InChI=1S/C20H17Cl2N3O2/c1-2-3-8-27-20(26)17-11-6-4-5-7-12(11)19-24-15-9-13(21)14(22)10-16(15)25(19)18(17)23/h4-7,9-10H,2-3,8,23H2,1H3. The highest BCUT2D eigenvalue weighted by molar-refractivity contribution is 6.42. The molecule has 0 bridgehead atoms. The van der Waals surface area contributed by atoms with Crippen molar-refractivity contribution in [2.24, 2.45) is 0 Å². The van der Waals surface area contributed by atoms with Crippen molar-refractivity contribution in [2.75, 3.05) is 12.3 Å². The largest absolute Gasteiger partial charge is 0.462 e. The fourth-order valence-electron chi connectivity index (χ4n) is 3.24. The molecule has 0 aliphatic carbocycles. The normalized spacial score (nSPS) is 11.5. The second kappa shape index (κ2) is 6.91. The number of carbonyl (C=O) groups is 1. The zero-order chi connectivity index (χ0) is 19.1. The van der Waals surface area contributed by atoms with Crippen molar-refractivity contribution >= 4 is 62.4 Å². The molecule has 0 atom stereocenters. The maximum Gasteiger partial charge on any atom is 0.342 e. The zero-order valence-corrected chi connectivity index (χ0v) is 16.1. The fraction of sp³-hybridized carbons (Fsp3) is 0.200. The van der Waals surface area contributed by atoms with Crippen LogP contribution in [0.15, 0.2) is 36.4 Å². The number of pyridine rings is 1. The highest BCUT2D eigenvalue weighted by atomic mass is 35.5. The van der Waals surface area contributed by atoms with Crippen LogP contribution in [0.25, 0.3) is 27.5 Å². The molecule has 0 amide bonds. The number of ether oxygens (including phenoxy) is 1. The van der Waals surface area contributed by atoms with E-state index in [1.165, 1.54) is 0 Å². The van der Waals surface area contributed by atoms with E-state index in [1.54, 1.807) is 16.5 Å². The van der Waals surface area contributed by atoms with E-state index in [2.05, 4.69) is 4.98 Å². The van der Waals surface area contributed by atoms with Gasteiger partial charge in [0.05, 0.1) is 27.7 Å². The molecular weight excluding hydrogens is 385 g/mol. The number of hydrogen-bond acceptors (Lipinski definition) is 4. The molecule has 2 N–H and O–H groups in total. The number of nitrogens with two attached hydrogens (primary N) is 1. The number of esters is 1. The number of imidazole rings is 1. The average Bonchev–Trinajstić information content (AvgIpc) is 3.01. The van der Waals surface area contributed by atoms with Crippen molar-refractivity contribution in [1.82, 2.24) is 9.38 Å². The molecule has 2 heterocycles. The lowest BCUT2D eigenvalue weighted by Gasteiger charge is -2.13. The van der Waals surface area contributed by atoms with Crippen LogP contribution in [-0.4, -0.2) is 22.0 Å². The monoisotopic (exact) mass is 401 g/mol. The molecule has 0 fully saturated rings. The number of anilines is 1. The van der Waals surface area contributed by atoms with Crippen molar-refractivity contribution in [1.29, 1.82) is 0 Å². The summed E-state index contributed by atoms with van der Waals surface area (Å²) >= 11 is 12.3. The second-order valence-corrected chi connectivity index (χ2v) is 7.14. The maximum atomic E-state index is 12.8. The zero-order valence-electron chi connectivity index (χ0n) is 14.6. The predicted molar refractivity (Wildman–Crippen MR) is 110 cm³/mol. The van der Waals surface area contributed by atoms with Crippen molar-refractivity contribution in [2.45, 2.75) is 19.8 Å². The number of unbranched alkanes of at least 4 members (excludes halogenated alkanes) is 1. The Hall–Kier alpha value is -2.50. The lowest BCUT2D eigenvalue weighted by atomic mass is 10.1. The summed E-state index contributed by atoms with van der Waals surface area (Å²) in [6, 6.07) is 10.9. The number of hydrogen-bond donors (Lipinski definition) is 1. The Labute approximate surface area is 165 Å². The van der Waals surface area contributed by atoms with Crippen LogP contribution < -0.4 is 5.73 Å². The molecule has 0 saturated carbocycles. The molecule has 27 heavy (non-hydrogen) atoms. The van der Waals surface area contributed by atoms with Crippen LogP contribution in [0.1, 0.15) is 30.1 Å². The van der Waals surface area contributed by atoms with Crippen LogP contribution in [0.2, 0.25) is 10.0 Å². The van der Waals surface area contributed by atoms with E-state index in [4.69, 9.17) is 33.7 Å². The lowest BCUT2D eigenvalue weighted by molar-refractivity contribution is 0.0503. The Balaban J connectivity index is 2.07. The number of rotatable bonds is 4. The van der Waals surface area contributed by atoms with Crippen LogP contribution in [-0.2, 0) is 4.74 Å². The van der Waals surface area contributed by atoms with E-state index in [1.807, 2.05) is 31.2 Å². The summed E-state index contributed by atoms with van der Waals surface area (Å²) in [5.74, 6) is -0.174. The number of halogens is 2. The first kappa shape index (κ1) is 17.9. The number of nitrogen functional groups attached to an aromatic ring is 1. The molecule has 2 aromatic heterocycles. The summed E-state index contributed by atoms with van der Waals surface area (Å²) < 4.78 is 7.17. The van der Waals surface area contributed by atoms with E-state index in [0.717, 1.165) is 18.2 Å². The first-order valence-electron chi connectivity index (χ1n) is 8.67. The van der Waals surface area contributed by atoms with Gasteiger partial charge in [0.2, 0.25) is 0 Å². The molecule has 0 aliphatic heterocycles. The van der Waals surface area contributed by atoms with Crippen LogP contribution in [0, 0.1) is 0 Å². The van der Waals surface area contributed by atoms with Crippen molar-refractivity contribution in [3.8, 4) is 0 Å². The molecular formula is C20H17Cl2N3O2. The Kier molecular flexibility index (Phi) is 4.58. The molecule has 0 spiro atoms. The minimum atomic E-state index is -0.444. The second-order valence-electron chi connectivity index (χ2n) is 6.32. The smallest absolute Gasteiger partial charge is 0.342 e. The fourth-order valence-corrected chi connectivity index (χ4v) is 3.55. The average molecular weight is 402 g/mol. The molecule has 7 heteroatoms. The Morgan fingerprint density at radius 1 is 1.19 bits per heavy atom. The van der Waals surface area contributed by atoms with E-state index in [0.29, 0.717) is 44.3 Å². The van der Waals surface area contributed by atoms with Crippen molar-refractivity contribution in [3.05, 3.63) is 52.0 Å². The van der Waals surface area contributed by atoms with Crippen molar-refractivity contribution < 1.29 is 9.53 Å². The number of aromatic nitrogens is 2. The maximum absolute atomic E-state index is 12.8.